The van der Waals surface area contributed by atoms with Gasteiger partial charge in [0.05, 0.1) is 11.4 Å². The minimum absolute atomic E-state index is 0.533. The minimum atomic E-state index is 0.533. The first-order valence-electron chi connectivity index (χ1n) is 5.70. The van der Waals surface area contributed by atoms with E-state index in [0.717, 1.165) is 24.5 Å². The Labute approximate surface area is 106 Å². The van der Waals surface area contributed by atoms with Crippen LogP contribution >= 0.6 is 11.6 Å². The van der Waals surface area contributed by atoms with E-state index in [0.29, 0.717) is 5.15 Å². The highest BCUT2D eigenvalue weighted by molar-refractivity contribution is 6.29. The van der Waals surface area contributed by atoms with Crippen molar-refractivity contribution in [2.45, 2.75) is 26.9 Å². The summed E-state index contributed by atoms with van der Waals surface area (Å²) < 4.78 is 2.16. The second kappa shape index (κ2) is 5.23. The summed E-state index contributed by atoms with van der Waals surface area (Å²) >= 11 is 5.81. The van der Waals surface area contributed by atoms with Crippen LogP contribution in [0.2, 0.25) is 5.15 Å². The van der Waals surface area contributed by atoms with Crippen molar-refractivity contribution in [1.29, 1.82) is 0 Å². The molecular weight excluding hydrogens is 234 g/mol. The number of halogens is 1. The van der Waals surface area contributed by atoms with Crippen LogP contribution in [0, 0.1) is 6.92 Å². The molecule has 0 saturated heterocycles. The number of anilines is 1. The Morgan fingerprint density at radius 2 is 2.18 bits per heavy atom. The number of hydrogen-bond donors (Lipinski definition) is 1. The fourth-order valence-corrected chi connectivity index (χ4v) is 1.90. The number of aromatic nitrogens is 2. The van der Waals surface area contributed by atoms with Gasteiger partial charge in [0, 0.05) is 25.5 Å². The molecule has 2 aromatic heterocycles. The Hall–Kier alpha value is -1.48. The number of nitrogens with one attached hydrogen (secondary N) is 1. The van der Waals surface area contributed by atoms with E-state index >= 15 is 0 Å². The van der Waals surface area contributed by atoms with Crippen LogP contribution in [0.15, 0.2) is 30.6 Å². The van der Waals surface area contributed by atoms with Crippen molar-refractivity contribution in [3.63, 3.8) is 0 Å². The van der Waals surface area contributed by atoms with Crippen LogP contribution < -0.4 is 5.32 Å². The highest BCUT2D eigenvalue weighted by Crippen LogP contribution is 2.16. The van der Waals surface area contributed by atoms with Crippen LogP contribution in [0.4, 0.5) is 5.69 Å². The standard InChI is InChI=1S/C13H16ClN3/c1-3-17-7-6-11(9-17)8-15-12-4-5-13(14)16-10(12)2/h4-7,9,15H,3,8H2,1-2H3. The smallest absolute Gasteiger partial charge is 0.129 e. The highest BCUT2D eigenvalue weighted by Gasteiger charge is 2.01. The van der Waals surface area contributed by atoms with Gasteiger partial charge in [-0.2, -0.15) is 0 Å². The molecule has 0 atom stereocenters. The second-order valence-electron chi connectivity index (χ2n) is 3.97. The van der Waals surface area contributed by atoms with Crippen LogP contribution in [0.1, 0.15) is 18.2 Å². The summed E-state index contributed by atoms with van der Waals surface area (Å²) in [6.45, 7) is 5.88. The monoisotopic (exact) mass is 249 g/mol. The van der Waals surface area contributed by atoms with E-state index in [-0.39, 0.29) is 0 Å². The summed E-state index contributed by atoms with van der Waals surface area (Å²) in [6.07, 6.45) is 4.23. The van der Waals surface area contributed by atoms with Crippen molar-refractivity contribution in [2.24, 2.45) is 0 Å². The molecule has 90 valence electrons. The molecule has 0 unspecified atom stereocenters. The quantitative estimate of drug-likeness (QED) is 0.841. The van der Waals surface area contributed by atoms with Gasteiger partial charge in [0.25, 0.3) is 0 Å². The molecule has 0 fully saturated rings. The zero-order valence-electron chi connectivity index (χ0n) is 10.1. The molecule has 0 spiro atoms. The average Bonchev–Trinajstić information content (AvgIpc) is 2.76. The lowest BCUT2D eigenvalue weighted by atomic mass is 10.3. The van der Waals surface area contributed by atoms with Crippen molar-refractivity contribution in [3.05, 3.63) is 47.0 Å². The van der Waals surface area contributed by atoms with Gasteiger partial charge in [-0.15, -0.1) is 0 Å². The van der Waals surface area contributed by atoms with Gasteiger partial charge < -0.3 is 9.88 Å². The Morgan fingerprint density at radius 1 is 1.35 bits per heavy atom. The molecule has 0 saturated carbocycles. The van der Waals surface area contributed by atoms with E-state index in [4.69, 9.17) is 11.6 Å². The first kappa shape index (κ1) is 12.0. The summed E-state index contributed by atoms with van der Waals surface area (Å²) in [5.74, 6) is 0. The van der Waals surface area contributed by atoms with Crippen molar-refractivity contribution in [2.75, 3.05) is 5.32 Å². The summed E-state index contributed by atoms with van der Waals surface area (Å²) in [4.78, 5) is 4.20. The number of nitrogens with zero attached hydrogens (tertiary/aromatic N) is 2. The second-order valence-corrected chi connectivity index (χ2v) is 4.36. The maximum atomic E-state index is 5.81. The van der Waals surface area contributed by atoms with E-state index in [2.05, 4.69) is 40.3 Å². The molecule has 0 aliphatic rings. The van der Waals surface area contributed by atoms with Gasteiger partial charge in [0.1, 0.15) is 5.15 Å². The molecule has 0 aromatic carbocycles. The fraction of sp³-hybridized carbons (Fsp3) is 0.308. The Kier molecular flexibility index (Phi) is 3.69. The first-order valence-corrected chi connectivity index (χ1v) is 6.08. The van der Waals surface area contributed by atoms with Gasteiger partial charge in [-0.3, -0.25) is 0 Å². The predicted molar refractivity (Wildman–Crippen MR) is 71.4 cm³/mol. The van der Waals surface area contributed by atoms with Gasteiger partial charge in [-0.25, -0.2) is 4.98 Å². The third-order valence-corrected chi connectivity index (χ3v) is 2.92. The molecule has 2 heterocycles. The molecule has 4 heteroatoms. The first-order chi connectivity index (χ1) is 8.19. The molecule has 0 radical (unpaired) electrons. The predicted octanol–water partition coefficient (Wildman–Crippen LogP) is 3.48. The summed E-state index contributed by atoms with van der Waals surface area (Å²) in [7, 11) is 0. The van der Waals surface area contributed by atoms with Gasteiger partial charge in [-0.05, 0) is 37.6 Å². The van der Waals surface area contributed by atoms with Crippen molar-refractivity contribution < 1.29 is 0 Å². The van der Waals surface area contributed by atoms with Crippen LogP contribution in [0.5, 0.6) is 0 Å². The normalized spacial score (nSPS) is 10.5. The molecule has 0 amide bonds. The molecule has 0 aliphatic carbocycles. The summed E-state index contributed by atoms with van der Waals surface area (Å²) in [5.41, 5.74) is 3.22. The number of aryl methyl sites for hydroxylation is 2. The lowest BCUT2D eigenvalue weighted by Gasteiger charge is -2.07. The van der Waals surface area contributed by atoms with Gasteiger partial charge in [0.15, 0.2) is 0 Å². The summed E-state index contributed by atoms with van der Waals surface area (Å²) in [5, 5.41) is 3.89. The van der Waals surface area contributed by atoms with Crippen molar-refractivity contribution in [3.8, 4) is 0 Å². The SMILES string of the molecule is CCn1ccc(CNc2ccc(Cl)nc2C)c1. The zero-order valence-corrected chi connectivity index (χ0v) is 10.8. The van der Waals surface area contributed by atoms with Crippen LogP contribution in [-0.4, -0.2) is 9.55 Å². The Bertz CT molecular complexity index is 505. The van der Waals surface area contributed by atoms with Crippen LogP contribution in [-0.2, 0) is 13.1 Å². The highest BCUT2D eigenvalue weighted by atomic mass is 35.5. The lowest BCUT2D eigenvalue weighted by molar-refractivity contribution is 0.766. The number of hydrogen-bond acceptors (Lipinski definition) is 2. The van der Waals surface area contributed by atoms with Gasteiger partial charge in [-0.1, -0.05) is 11.6 Å². The average molecular weight is 250 g/mol. The molecule has 2 rings (SSSR count). The molecule has 1 N–H and O–H groups in total. The van der Waals surface area contributed by atoms with Crippen LogP contribution in [0.25, 0.3) is 0 Å². The Morgan fingerprint density at radius 3 is 2.82 bits per heavy atom. The molecule has 2 aromatic rings. The zero-order chi connectivity index (χ0) is 12.3. The van der Waals surface area contributed by atoms with E-state index in [9.17, 15) is 0 Å². The number of pyridine rings is 1. The van der Waals surface area contributed by atoms with Crippen molar-refractivity contribution >= 4 is 17.3 Å². The minimum Gasteiger partial charge on any atom is -0.379 e. The van der Waals surface area contributed by atoms with E-state index < -0.39 is 0 Å². The molecular formula is C13H16ClN3. The van der Waals surface area contributed by atoms with Gasteiger partial charge in [0.2, 0.25) is 0 Å². The van der Waals surface area contributed by atoms with E-state index in [1.54, 1.807) is 6.07 Å². The van der Waals surface area contributed by atoms with Crippen LogP contribution in [0.3, 0.4) is 0 Å². The summed E-state index contributed by atoms with van der Waals surface area (Å²) in [6, 6.07) is 5.88. The third-order valence-electron chi connectivity index (χ3n) is 2.71. The van der Waals surface area contributed by atoms with Gasteiger partial charge >= 0.3 is 0 Å². The maximum absolute atomic E-state index is 5.81. The number of rotatable bonds is 4. The fourth-order valence-electron chi connectivity index (χ4n) is 1.71. The van der Waals surface area contributed by atoms with E-state index in [1.165, 1.54) is 5.56 Å². The lowest BCUT2D eigenvalue weighted by Crippen LogP contribution is -2.01. The molecule has 17 heavy (non-hydrogen) atoms. The largest absolute Gasteiger partial charge is 0.379 e. The maximum Gasteiger partial charge on any atom is 0.129 e. The third kappa shape index (κ3) is 3.01. The Balaban J connectivity index is 2.02. The van der Waals surface area contributed by atoms with Crippen molar-refractivity contribution in [1.82, 2.24) is 9.55 Å². The molecule has 3 nitrogen and oxygen atoms in total. The molecule has 0 bridgehead atoms. The molecule has 0 aliphatic heterocycles. The topological polar surface area (TPSA) is 29.9 Å². The van der Waals surface area contributed by atoms with E-state index in [1.807, 2.05) is 13.0 Å².